The second kappa shape index (κ2) is 5.89. The molecular formula is C19H18ClNO2. The fourth-order valence-electron chi connectivity index (χ4n) is 2.95. The molecule has 0 aromatic heterocycles. The maximum Gasteiger partial charge on any atom is 0.417 e. The average molecular weight is 328 g/mol. The van der Waals surface area contributed by atoms with E-state index < -0.39 is 6.09 Å². The Kier molecular flexibility index (Phi) is 3.74. The average Bonchev–Trinajstić information content (AvgIpc) is 3.41. The quantitative estimate of drug-likeness (QED) is 0.781. The van der Waals surface area contributed by atoms with E-state index in [2.05, 4.69) is 5.32 Å². The molecule has 118 valence electrons. The van der Waals surface area contributed by atoms with Crippen molar-refractivity contribution >= 4 is 23.4 Å². The van der Waals surface area contributed by atoms with Crippen molar-refractivity contribution < 1.29 is 9.53 Å². The lowest BCUT2D eigenvalue weighted by Crippen LogP contribution is -2.19. The van der Waals surface area contributed by atoms with Gasteiger partial charge in [-0.1, -0.05) is 29.8 Å². The molecular weight excluding hydrogens is 310 g/mol. The maximum absolute atomic E-state index is 12.3. The Bertz CT molecular complexity index is 703. The minimum atomic E-state index is -0.442. The topological polar surface area (TPSA) is 38.3 Å². The highest BCUT2D eigenvalue weighted by atomic mass is 35.5. The normalized spacial score (nSPS) is 16.9. The molecule has 0 aliphatic heterocycles. The molecule has 0 radical (unpaired) electrons. The lowest BCUT2D eigenvalue weighted by Gasteiger charge is -2.16. The summed E-state index contributed by atoms with van der Waals surface area (Å²) in [6, 6.07) is 13.1. The van der Waals surface area contributed by atoms with Crippen LogP contribution in [0.15, 0.2) is 42.5 Å². The minimum Gasteiger partial charge on any atom is -0.410 e. The molecule has 2 aliphatic rings. The molecule has 0 atom stereocenters. The first-order chi connectivity index (χ1) is 11.2. The Balaban J connectivity index is 1.61. The molecule has 0 bridgehead atoms. The van der Waals surface area contributed by atoms with Gasteiger partial charge in [-0.15, -0.1) is 0 Å². The van der Waals surface area contributed by atoms with Crippen molar-refractivity contribution in [3.8, 4) is 5.75 Å². The summed E-state index contributed by atoms with van der Waals surface area (Å²) < 4.78 is 5.38. The van der Waals surface area contributed by atoms with E-state index in [1.807, 2.05) is 30.3 Å². The Hall–Kier alpha value is -2.00. The van der Waals surface area contributed by atoms with E-state index in [-0.39, 0.29) is 0 Å². The number of nitrogens with one attached hydrogen (secondary N) is 1. The second-order valence-electron chi connectivity index (χ2n) is 6.34. The molecule has 4 heteroatoms. The molecule has 2 aromatic carbocycles. The van der Waals surface area contributed by atoms with Gasteiger partial charge in [-0.3, -0.25) is 5.32 Å². The summed E-state index contributed by atoms with van der Waals surface area (Å²) in [7, 11) is 0. The number of para-hydroxylation sites is 1. The Morgan fingerprint density at radius 3 is 2.09 bits per heavy atom. The van der Waals surface area contributed by atoms with Gasteiger partial charge in [-0.2, -0.15) is 0 Å². The fourth-order valence-corrected chi connectivity index (χ4v) is 3.18. The van der Waals surface area contributed by atoms with Crippen molar-refractivity contribution in [1.29, 1.82) is 0 Å². The Morgan fingerprint density at radius 2 is 1.57 bits per heavy atom. The Morgan fingerprint density at radius 1 is 1.00 bits per heavy atom. The van der Waals surface area contributed by atoms with Crippen molar-refractivity contribution in [2.75, 3.05) is 5.32 Å². The van der Waals surface area contributed by atoms with Gasteiger partial charge in [0.2, 0.25) is 0 Å². The minimum absolute atomic E-state index is 0.442. The van der Waals surface area contributed by atoms with Crippen LogP contribution < -0.4 is 10.1 Å². The van der Waals surface area contributed by atoms with Crippen LogP contribution >= 0.6 is 11.6 Å². The SMILES string of the molecule is O=C(Nc1c(C2CC2)cc(Cl)cc1C1CC1)Oc1ccccc1. The van der Waals surface area contributed by atoms with E-state index in [1.54, 1.807) is 12.1 Å². The predicted octanol–water partition coefficient (Wildman–Crippen LogP) is 5.71. The van der Waals surface area contributed by atoms with Crippen molar-refractivity contribution in [1.82, 2.24) is 0 Å². The van der Waals surface area contributed by atoms with Gasteiger partial charge in [-0.05, 0) is 72.9 Å². The van der Waals surface area contributed by atoms with Crippen LogP contribution in [0, 0.1) is 0 Å². The van der Waals surface area contributed by atoms with E-state index in [9.17, 15) is 4.79 Å². The van der Waals surface area contributed by atoms with Gasteiger partial charge >= 0.3 is 6.09 Å². The lowest BCUT2D eigenvalue weighted by atomic mass is 10.00. The van der Waals surface area contributed by atoms with Crippen LogP contribution in [-0.2, 0) is 0 Å². The molecule has 0 spiro atoms. The molecule has 2 fully saturated rings. The largest absolute Gasteiger partial charge is 0.417 e. The molecule has 0 unspecified atom stereocenters. The van der Waals surface area contributed by atoms with Crippen LogP contribution in [0.25, 0.3) is 0 Å². The first-order valence-electron chi connectivity index (χ1n) is 8.08. The first kappa shape index (κ1) is 14.6. The summed E-state index contributed by atoms with van der Waals surface area (Å²) in [5.74, 6) is 1.57. The first-order valence-corrected chi connectivity index (χ1v) is 8.46. The molecule has 1 amide bonds. The summed E-state index contributed by atoms with van der Waals surface area (Å²) >= 11 is 6.29. The number of amides is 1. The van der Waals surface area contributed by atoms with Gasteiger partial charge in [-0.25, -0.2) is 4.79 Å². The highest BCUT2D eigenvalue weighted by Gasteiger charge is 2.33. The predicted molar refractivity (Wildman–Crippen MR) is 91.5 cm³/mol. The van der Waals surface area contributed by atoms with Gasteiger partial charge in [0.05, 0.1) is 5.69 Å². The van der Waals surface area contributed by atoms with Crippen molar-refractivity contribution in [2.45, 2.75) is 37.5 Å². The summed E-state index contributed by atoms with van der Waals surface area (Å²) in [4.78, 5) is 12.3. The molecule has 23 heavy (non-hydrogen) atoms. The third-order valence-electron chi connectivity index (χ3n) is 4.38. The van der Waals surface area contributed by atoms with Crippen LogP contribution in [0.2, 0.25) is 5.02 Å². The van der Waals surface area contributed by atoms with Gasteiger partial charge in [0.1, 0.15) is 5.75 Å². The van der Waals surface area contributed by atoms with Gasteiger partial charge in [0.25, 0.3) is 0 Å². The van der Waals surface area contributed by atoms with E-state index in [4.69, 9.17) is 16.3 Å². The number of halogens is 1. The van der Waals surface area contributed by atoms with Crippen molar-refractivity contribution in [2.24, 2.45) is 0 Å². The molecule has 2 aliphatic carbocycles. The molecule has 4 rings (SSSR count). The van der Waals surface area contributed by atoms with Crippen molar-refractivity contribution in [3.63, 3.8) is 0 Å². The summed E-state index contributed by atoms with van der Waals surface area (Å²) in [5.41, 5.74) is 3.23. The van der Waals surface area contributed by atoms with Crippen LogP contribution in [0.4, 0.5) is 10.5 Å². The number of ether oxygens (including phenoxy) is 1. The van der Waals surface area contributed by atoms with E-state index >= 15 is 0 Å². The van der Waals surface area contributed by atoms with E-state index in [0.717, 1.165) is 47.5 Å². The fraction of sp³-hybridized carbons (Fsp3) is 0.316. The monoisotopic (exact) mass is 327 g/mol. The number of anilines is 1. The van der Waals surface area contributed by atoms with Crippen LogP contribution in [0.1, 0.15) is 48.6 Å². The van der Waals surface area contributed by atoms with Gasteiger partial charge in [0, 0.05) is 5.02 Å². The molecule has 0 saturated heterocycles. The van der Waals surface area contributed by atoms with Crippen LogP contribution in [0.5, 0.6) is 5.75 Å². The molecule has 2 aromatic rings. The number of hydrogen-bond donors (Lipinski definition) is 1. The zero-order valence-corrected chi connectivity index (χ0v) is 13.5. The molecule has 0 heterocycles. The van der Waals surface area contributed by atoms with Gasteiger partial charge in [0.15, 0.2) is 0 Å². The molecule has 1 N–H and O–H groups in total. The smallest absolute Gasteiger partial charge is 0.410 e. The lowest BCUT2D eigenvalue weighted by molar-refractivity contribution is 0.215. The van der Waals surface area contributed by atoms with E-state index in [0.29, 0.717) is 17.6 Å². The Labute approximate surface area is 140 Å². The summed E-state index contributed by atoms with van der Waals surface area (Å²) in [6.07, 6.45) is 4.20. The number of rotatable bonds is 4. The zero-order chi connectivity index (χ0) is 15.8. The number of hydrogen-bond acceptors (Lipinski definition) is 2. The number of carbonyl (C=O) groups excluding carboxylic acids is 1. The third-order valence-corrected chi connectivity index (χ3v) is 4.60. The van der Waals surface area contributed by atoms with Crippen LogP contribution in [0.3, 0.4) is 0 Å². The molecule has 3 nitrogen and oxygen atoms in total. The highest BCUT2D eigenvalue weighted by molar-refractivity contribution is 6.31. The zero-order valence-electron chi connectivity index (χ0n) is 12.7. The number of benzene rings is 2. The van der Waals surface area contributed by atoms with Crippen molar-refractivity contribution in [3.05, 3.63) is 58.6 Å². The van der Waals surface area contributed by atoms with E-state index in [1.165, 1.54) is 0 Å². The summed E-state index contributed by atoms with van der Waals surface area (Å²) in [5, 5.41) is 3.74. The third kappa shape index (κ3) is 3.35. The van der Waals surface area contributed by atoms with Crippen LogP contribution in [-0.4, -0.2) is 6.09 Å². The highest BCUT2D eigenvalue weighted by Crippen LogP contribution is 2.51. The summed E-state index contributed by atoms with van der Waals surface area (Å²) in [6.45, 7) is 0. The maximum atomic E-state index is 12.3. The second-order valence-corrected chi connectivity index (χ2v) is 6.77. The van der Waals surface area contributed by atoms with Gasteiger partial charge < -0.3 is 4.74 Å². The molecule has 2 saturated carbocycles. The number of carbonyl (C=O) groups is 1. The standard InChI is InChI=1S/C19H18ClNO2/c20-14-10-16(12-6-7-12)18(17(11-14)13-8-9-13)21-19(22)23-15-4-2-1-3-5-15/h1-5,10-13H,6-9H2,(H,21,22).